The average molecular weight is 369 g/mol. The summed E-state index contributed by atoms with van der Waals surface area (Å²) in [6.45, 7) is 8.25. The van der Waals surface area contributed by atoms with Gasteiger partial charge in [0.1, 0.15) is 6.04 Å². The Morgan fingerprint density at radius 3 is 2.15 bits per heavy atom. The van der Waals surface area contributed by atoms with Gasteiger partial charge in [-0.2, -0.15) is 0 Å². The lowest BCUT2D eigenvalue weighted by molar-refractivity contribution is -0.692. The standard InChI is InChI=1S/C22H28N2O3/c1-15(2)21(17-8-6-5-7-9-17)23-14-20(25)24-19-12-10-18(11-13-19)22(26)27-16(3)4/h5-13,15-16,21,23H,14H2,1-4H3,(H,24,25)/p+1/t21-/m1/s1. The summed E-state index contributed by atoms with van der Waals surface area (Å²) in [6, 6.07) is 17.2. The molecule has 5 heteroatoms. The highest BCUT2D eigenvalue weighted by molar-refractivity contribution is 5.93. The second kappa shape index (κ2) is 9.88. The zero-order valence-corrected chi connectivity index (χ0v) is 16.4. The summed E-state index contributed by atoms with van der Waals surface area (Å²) in [5.41, 5.74) is 2.35. The summed E-state index contributed by atoms with van der Waals surface area (Å²) in [6.07, 6.45) is -0.161. The Labute approximate surface area is 161 Å². The number of nitrogens with one attached hydrogen (secondary N) is 1. The van der Waals surface area contributed by atoms with E-state index in [0.29, 0.717) is 23.7 Å². The second-order valence-corrected chi connectivity index (χ2v) is 7.20. The predicted molar refractivity (Wildman–Crippen MR) is 106 cm³/mol. The van der Waals surface area contributed by atoms with E-state index in [1.807, 2.05) is 32.0 Å². The minimum absolute atomic E-state index is 0.0749. The molecule has 5 nitrogen and oxygen atoms in total. The van der Waals surface area contributed by atoms with Crippen molar-refractivity contribution in [1.82, 2.24) is 0 Å². The molecule has 1 atom stereocenters. The molecule has 0 aliphatic carbocycles. The summed E-state index contributed by atoms with van der Waals surface area (Å²) < 4.78 is 5.16. The molecule has 0 fully saturated rings. The van der Waals surface area contributed by atoms with Crippen LogP contribution in [0.1, 0.15) is 49.7 Å². The molecule has 144 valence electrons. The minimum Gasteiger partial charge on any atom is -0.459 e. The molecule has 0 unspecified atom stereocenters. The molecule has 2 aromatic carbocycles. The maximum absolute atomic E-state index is 12.3. The Balaban J connectivity index is 1.90. The lowest BCUT2D eigenvalue weighted by atomic mass is 9.96. The van der Waals surface area contributed by atoms with Crippen molar-refractivity contribution in [3.63, 3.8) is 0 Å². The quantitative estimate of drug-likeness (QED) is 0.702. The van der Waals surface area contributed by atoms with Gasteiger partial charge in [0.25, 0.3) is 5.91 Å². The van der Waals surface area contributed by atoms with Gasteiger partial charge in [-0.3, -0.25) is 4.79 Å². The molecule has 0 spiro atoms. The Morgan fingerprint density at radius 1 is 0.963 bits per heavy atom. The molecule has 27 heavy (non-hydrogen) atoms. The van der Waals surface area contributed by atoms with E-state index in [1.165, 1.54) is 5.56 Å². The number of carbonyl (C=O) groups is 2. The van der Waals surface area contributed by atoms with Crippen LogP contribution in [0.2, 0.25) is 0 Å². The van der Waals surface area contributed by atoms with E-state index in [1.54, 1.807) is 24.3 Å². The summed E-state index contributed by atoms with van der Waals surface area (Å²) in [4.78, 5) is 24.2. The van der Waals surface area contributed by atoms with Crippen LogP contribution in [0.15, 0.2) is 54.6 Å². The van der Waals surface area contributed by atoms with Gasteiger partial charge in [-0.1, -0.05) is 44.2 Å². The molecular weight excluding hydrogens is 340 g/mol. The second-order valence-electron chi connectivity index (χ2n) is 7.20. The van der Waals surface area contributed by atoms with Gasteiger partial charge < -0.3 is 15.4 Å². The van der Waals surface area contributed by atoms with Crippen molar-refractivity contribution in [2.45, 2.75) is 39.8 Å². The number of amides is 1. The maximum Gasteiger partial charge on any atom is 0.338 e. The van der Waals surface area contributed by atoms with Gasteiger partial charge in [0.15, 0.2) is 6.54 Å². The maximum atomic E-state index is 12.3. The van der Waals surface area contributed by atoms with Crippen LogP contribution >= 0.6 is 0 Å². The van der Waals surface area contributed by atoms with Crippen molar-refractivity contribution in [1.29, 1.82) is 0 Å². The predicted octanol–water partition coefficient (Wildman–Crippen LogP) is 3.15. The number of benzene rings is 2. The summed E-state index contributed by atoms with van der Waals surface area (Å²) in [5.74, 6) is -0.0283. The number of hydrogen-bond donors (Lipinski definition) is 2. The molecule has 0 aromatic heterocycles. The third-order valence-electron chi connectivity index (χ3n) is 4.21. The van der Waals surface area contributed by atoms with E-state index in [0.717, 1.165) is 0 Å². The highest BCUT2D eigenvalue weighted by Gasteiger charge is 2.20. The Kier molecular flexibility index (Phi) is 7.55. The third kappa shape index (κ3) is 6.53. The molecule has 2 rings (SSSR count). The summed E-state index contributed by atoms with van der Waals surface area (Å²) in [7, 11) is 0. The number of hydrogen-bond acceptors (Lipinski definition) is 3. The van der Waals surface area contributed by atoms with Gasteiger partial charge in [0, 0.05) is 17.2 Å². The van der Waals surface area contributed by atoms with E-state index in [-0.39, 0.29) is 24.0 Å². The molecular formula is C22H29N2O3+. The molecule has 0 aliphatic rings. The first-order chi connectivity index (χ1) is 12.9. The smallest absolute Gasteiger partial charge is 0.338 e. The molecule has 0 aliphatic heterocycles. The van der Waals surface area contributed by atoms with Crippen LogP contribution in [0.25, 0.3) is 0 Å². The van der Waals surface area contributed by atoms with E-state index in [2.05, 4.69) is 36.6 Å². The van der Waals surface area contributed by atoms with Gasteiger partial charge in [0.05, 0.1) is 11.7 Å². The normalized spacial score (nSPS) is 12.1. The molecule has 0 bridgehead atoms. The molecule has 0 saturated carbocycles. The average Bonchev–Trinajstić information content (AvgIpc) is 2.62. The first kappa shape index (κ1) is 20.6. The van der Waals surface area contributed by atoms with Gasteiger partial charge >= 0.3 is 5.97 Å². The number of esters is 1. The molecule has 0 heterocycles. The number of carbonyl (C=O) groups excluding carboxylic acids is 2. The van der Waals surface area contributed by atoms with Crippen LogP contribution in [0, 0.1) is 5.92 Å². The topological polar surface area (TPSA) is 72.0 Å². The number of rotatable bonds is 8. The fraction of sp³-hybridized carbons (Fsp3) is 0.364. The lowest BCUT2D eigenvalue weighted by Gasteiger charge is -2.19. The van der Waals surface area contributed by atoms with Crippen LogP contribution in [-0.4, -0.2) is 24.5 Å². The van der Waals surface area contributed by atoms with Crippen molar-refractivity contribution < 1.29 is 19.6 Å². The van der Waals surface area contributed by atoms with E-state index < -0.39 is 0 Å². The molecule has 2 aromatic rings. The van der Waals surface area contributed by atoms with Crippen molar-refractivity contribution >= 4 is 17.6 Å². The van der Waals surface area contributed by atoms with Crippen LogP contribution in [0.4, 0.5) is 5.69 Å². The third-order valence-corrected chi connectivity index (χ3v) is 4.21. The Bertz CT molecular complexity index is 740. The van der Waals surface area contributed by atoms with Crippen molar-refractivity contribution in [3.8, 4) is 0 Å². The highest BCUT2D eigenvalue weighted by atomic mass is 16.5. The van der Waals surface area contributed by atoms with Crippen molar-refractivity contribution in [2.24, 2.45) is 5.92 Å². The fourth-order valence-corrected chi connectivity index (χ4v) is 2.89. The van der Waals surface area contributed by atoms with Gasteiger partial charge in [-0.05, 0) is 38.1 Å². The first-order valence-electron chi connectivity index (χ1n) is 9.36. The Morgan fingerprint density at radius 2 is 1.59 bits per heavy atom. The van der Waals surface area contributed by atoms with Gasteiger partial charge in [-0.25, -0.2) is 4.79 Å². The largest absolute Gasteiger partial charge is 0.459 e. The fourth-order valence-electron chi connectivity index (χ4n) is 2.89. The molecule has 0 radical (unpaired) electrons. The van der Waals surface area contributed by atoms with E-state index in [9.17, 15) is 9.59 Å². The highest BCUT2D eigenvalue weighted by Crippen LogP contribution is 2.17. The number of nitrogens with two attached hydrogens (primary N) is 1. The number of quaternary nitrogens is 1. The van der Waals surface area contributed by atoms with Crippen molar-refractivity contribution in [2.75, 3.05) is 11.9 Å². The van der Waals surface area contributed by atoms with Crippen molar-refractivity contribution in [3.05, 3.63) is 65.7 Å². The molecule has 3 N–H and O–H groups in total. The summed E-state index contributed by atoms with van der Waals surface area (Å²) >= 11 is 0. The Hall–Kier alpha value is -2.66. The van der Waals surface area contributed by atoms with Crippen LogP contribution in [0.5, 0.6) is 0 Å². The zero-order chi connectivity index (χ0) is 19.8. The molecule has 1 amide bonds. The number of anilines is 1. The van der Waals surface area contributed by atoms with E-state index >= 15 is 0 Å². The molecule has 0 saturated heterocycles. The SMILES string of the molecule is CC(C)OC(=O)c1ccc(NC(=O)C[NH2+][C@@H](c2ccccc2)C(C)C)cc1. The van der Waals surface area contributed by atoms with Gasteiger partial charge in [0.2, 0.25) is 0 Å². The van der Waals surface area contributed by atoms with Gasteiger partial charge in [-0.15, -0.1) is 0 Å². The first-order valence-corrected chi connectivity index (χ1v) is 9.36. The minimum atomic E-state index is -0.362. The van der Waals surface area contributed by atoms with E-state index in [4.69, 9.17) is 4.74 Å². The number of ether oxygens (including phenoxy) is 1. The van der Waals surface area contributed by atoms with Crippen LogP contribution < -0.4 is 10.6 Å². The van der Waals surface area contributed by atoms with Crippen LogP contribution in [0.3, 0.4) is 0 Å². The monoisotopic (exact) mass is 369 g/mol. The van der Waals surface area contributed by atoms with Crippen LogP contribution in [-0.2, 0) is 9.53 Å². The lowest BCUT2D eigenvalue weighted by Crippen LogP contribution is -2.88. The summed E-state index contributed by atoms with van der Waals surface area (Å²) in [5, 5.41) is 4.93. The zero-order valence-electron chi connectivity index (χ0n) is 16.4.